The first-order valence-electron chi connectivity index (χ1n) is 8.31. The maximum atomic E-state index is 12.9. The zero-order chi connectivity index (χ0) is 20.8. The number of amides is 1. The summed E-state index contributed by atoms with van der Waals surface area (Å²) in [4.78, 5) is 20.2. The van der Waals surface area contributed by atoms with Gasteiger partial charge in [0.25, 0.3) is 15.9 Å². The first-order valence-corrected chi connectivity index (χ1v) is 10.5. The highest BCUT2D eigenvalue weighted by atomic mass is 79.9. The number of carbonyl (C=O) groups is 1. The van der Waals surface area contributed by atoms with E-state index >= 15 is 0 Å². The summed E-state index contributed by atoms with van der Waals surface area (Å²) in [6, 6.07) is 9.83. The minimum absolute atomic E-state index is 0.0617. The second-order valence-electron chi connectivity index (χ2n) is 6.06. The Hall–Kier alpha value is -3.05. The molecule has 9 nitrogen and oxygen atoms in total. The molecular weight excluding hydrogens is 464 g/mol. The summed E-state index contributed by atoms with van der Waals surface area (Å²) >= 11 is 3.31. The van der Waals surface area contributed by atoms with Crippen molar-refractivity contribution in [3.05, 3.63) is 58.5 Å². The molecule has 0 saturated heterocycles. The largest absolute Gasteiger partial charge is 0.494 e. The van der Waals surface area contributed by atoms with Gasteiger partial charge in [0.2, 0.25) is 0 Å². The maximum absolute atomic E-state index is 12.9. The lowest BCUT2D eigenvalue weighted by atomic mass is 10.1. The summed E-state index contributed by atoms with van der Waals surface area (Å²) in [5, 5.41) is 2.49. The molecule has 150 valence electrons. The molecule has 1 aromatic carbocycles. The average molecular weight is 479 g/mol. The Morgan fingerprint density at radius 3 is 2.72 bits per heavy atom. The fraction of sp³-hybridized carbons (Fsp3) is 0.111. The molecule has 0 bridgehead atoms. The third-order valence-corrected chi connectivity index (χ3v) is 6.65. The van der Waals surface area contributed by atoms with Gasteiger partial charge in [-0.25, -0.2) is 8.42 Å². The van der Waals surface area contributed by atoms with E-state index in [1.54, 1.807) is 30.3 Å². The van der Waals surface area contributed by atoms with E-state index in [0.717, 1.165) is 8.91 Å². The van der Waals surface area contributed by atoms with Crippen LogP contribution in [-0.2, 0) is 19.6 Å². The van der Waals surface area contributed by atoms with Crippen LogP contribution in [0.25, 0.3) is 17.1 Å². The number of anilines is 1. The first-order chi connectivity index (χ1) is 13.8. The maximum Gasteiger partial charge on any atom is 0.302 e. The Bertz CT molecular complexity index is 1240. The van der Waals surface area contributed by atoms with E-state index in [2.05, 4.69) is 31.2 Å². The SMILES string of the molecule is COC1=C(C(=O)Nc2nc(-c3ccc(Br)[nH]3)co2)N(C)S(=O)(=O)c2ccccc21. The van der Waals surface area contributed by atoms with Gasteiger partial charge in [0.15, 0.2) is 11.5 Å². The molecule has 0 aliphatic carbocycles. The van der Waals surface area contributed by atoms with Gasteiger partial charge in [0, 0.05) is 12.6 Å². The molecule has 3 heterocycles. The highest BCUT2D eigenvalue weighted by Crippen LogP contribution is 2.36. The Labute approximate surface area is 174 Å². The molecule has 1 aliphatic rings. The minimum atomic E-state index is -3.91. The molecule has 2 N–H and O–H groups in total. The number of rotatable bonds is 4. The molecule has 0 fully saturated rings. The molecule has 3 aromatic rings. The summed E-state index contributed by atoms with van der Waals surface area (Å²) in [7, 11) is -1.25. The lowest BCUT2D eigenvalue weighted by Crippen LogP contribution is -2.37. The van der Waals surface area contributed by atoms with Crippen molar-refractivity contribution in [2.24, 2.45) is 0 Å². The Morgan fingerprint density at radius 2 is 2.03 bits per heavy atom. The summed E-state index contributed by atoms with van der Waals surface area (Å²) in [5.41, 5.74) is 1.29. The lowest BCUT2D eigenvalue weighted by molar-refractivity contribution is -0.113. The van der Waals surface area contributed by atoms with E-state index in [4.69, 9.17) is 9.15 Å². The number of halogens is 1. The van der Waals surface area contributed by atoms with Crippen molar-refractivity contribution in [3.8, 4) is 11.4 Å². The van der Waals surface area contributed by atoms with Crippen LogP contribution in [0.15, 0.2) is 62.3 Å². The number of benzene rings is 1. The molecule has 0 spiro atoms. The summed E-state index contributed by atoms with van der Waals surface area (Å²) in [6.07, 6.45) is 1.37. The second-order valence-corrected chi connectivity index (χ2v) is 8.85. The molecule has 0 radical (unpaired) electrons. The number of oxazole rings is 1. The molecule has 2 aromatic heterocycles. The molecule has 0 saturated carbocycles. The number of methoxy groups -OCH3 is 1. The van der Waals surface area contributed by atoms with Gasteiger partial charge in [-0.3, -0.25) is 14.4 Å². The molecule has 4 rings (SSSR count). The van der Waals surface area contributed by atoms with Crippen LogP contribution in [0.4, 0.5) is 6.01 Å². The lowest BCUT2D eigenvalue weighted by Gasteiger charge is -2.29. The number of hydrogen-bond donors (Lipinski definition) is 2. The van der Waals surface area contributed by atoms with Gasteiger partial charge in [-0.05, 0) is 40.2 Å². The van der Waals surface area contributed by atoms with Crippen LogP contribution in [0.3, 0.4) is 0 Å². The van der Waals surface area contributed by atoms with E-state index in [-0.39, 0.29) is 22.4 Å². The molecule has 1 aliphatic heterocycles. The number of carbonyl (C=O) groups excluding carboxylic acids is 1. The van der Waals surface area contributed by atoms with Gasteiger partial charge in [0.1, 0.15) is 12.0 Å². The third-order valence-electron chi connectivity index (χ3n) is 4.37. The van der Waals surface area contributed by atoms with Crippen molar-refractivity contribution >= 4 is 43.6 Å². The number of nitrogens with zero attached hydrogens (tertiary/aromatic N) is 2. The number of aromatic amines is 1. The molecule has 1 amide bonds. The van der Waals surface area contributed by atoms with E-state index in [9.17, 15) is 13.2 Å². The van der Waals surface area contributed by atoms with Gasteiger partial charge >= 0.3 is 6.01 Å². The number of aromatic nitrogens is 2. The topological polar surface area (TPSA) is 118 Å². The van der Waals surface area contributed by atoms with E-state index in [1.165, 1.54) is 26.5 Å². The van der Waals surface area contributed by atoms with Gasteiger partial charge in [-0.2, -0.15) is 4.98 Å². The van der Waals surface area contributed by atoms with Crippen LogP contribution in [0, 0.1) is 0 Å². The monoisotopic (exact) mass is 478 g/mol. The number of ether oxygens (including phenoxy) is 1. The molecular formula is C18H15BrN4O5S. The zero-order valence-corrected chi connectivity index (χ0v) is 17.7. The van der Waals surface area contributed by atoms with Crippen LogP contribution >= 0.6 is 15.9 Å². The van der Waals surface area contributed by atoms with Gasteiger partial charge in [-0.1, -0.05) is 12.1 Å². The van der Waals surface area contributed by atoms with Crippen molar-refractivity contribution < 1.29 is 22.4 Å². The number of likely N-dealkylation sites (N-methyl/N-ethyl adjacent to an activating group) is 1. The minimum Gasteiger partial charge on any atom is -0.494 e. The van der Waals surface area contributed by atoms with E-state index in [1.807, 2.05) is 0 Å². The molecule has 0 unspecified atom stereocenters. The quantitative estimate of drug-likeness (QED) is 0.594. The Morgan fingerprint density at radius 1 is 1.28 bits per heavy atom. The Balaban J connectivity index is 1.71. The fourth-order valence-electron chi connectivity index (χ4n) is 3.00. The third kappa shape index (κ3) is 3.21. The number of H-pyrrole nitrogens is 1. The van der Waals surface area contributed by atoms with Crippen LogP contribution in [0.1, 0.15) is 5.56 Å². The zero-order valence-electron chi connectivity index (χ0n) is 15.3. The number of fused-ring (bicyclic) bond motifs is 1. The highest BCUT2D eigenvalue weighted by Gasteiger charge is 2.38. The normalized spacial score (nSPS) is 15.2. The standard InChI is InChI=1S/C18H15BrN4O5S/c1-23-15(16(27-2)10-5-3-4-6-13(10)29(23,25)26)17(24)22-18-21-12(9-28-18)11-7-8-14(19)20-11/h3-9,20H,1-2H3,(H,21,22,24). The summed E-state index contributed by atoms with van der Waals surface area (Å²) < 4.78 is 38.0. The molecule has 29 heavy (non-hydrogen) atoms. The van der Waals surface area contributed by atoms with E-state index in [0.29, 0.717) is 17.0 Å². The fourth-order valence-corrected chi connectivity index (χ4v) is 4.74. The predicted octanol–water partition coefficient (Wildman–Crippen LogP) is 3.02. The molecule has 11 heteroatoms. The second kappa shape index (κ2) is 7.08. The smallest absolute Gasteiger partial charge is 0.302 e. The number of hydrogen-bond acceptors (Lipinski definition) is 6. The summed E-state index contributed by atoms with van der Waals surface area (Å²) in [6.45, 7) is 0. The van der Waals surface area contributed by atoms with Crippen molar-refractivity contribution in [3.63, 3.8) is 0 Å². The summed E-state index contributed by atoms with van der Waals surface area (Å²) in [5.74, 6) is -0.598. The van der Waals surface area contributed by atoms with Crippen molar-refractivity contribution in [2.45, 2.75) is 4.90 Å². The first kappa shape index (κ1) is 19.3. The van der Waals surface area contributed by atoms with Gasteiger partial charge in [-0.15, -0.1) is 0 Å². The van der Waals surface area contributed by atoms with Crippen molar-refractivity contribution in [1.29, 1.82) is 0 Å². The molecule has 0 atom stereocenters. The van der Waals surface area contributed by atoms with Crippen molar-refractivity contribution in [1.82, 2.24) is 14.3 Å². The van der Waals surface area contributed by atoms with Crippen LogP contribution in [0.2, 0.25) is 0 Å². The number of sulfonamides is 1. The average Bonchev–Trinajstić information content (AvgIpc) is 3.33. The highest BCUT2D eigenvalue weighted by molar-refractivity contribution is 9.10. The van der Waals surface area contributed by atoms with E-state index < -0.39 is 15.9 Å². The number of nitrogens with one attached hydrogen (secondary N) is 2. The van der Waals surface area contributed by atoms with Crippen LogP contribution in [0.5, 0.6) is 0 Å². The predicted molar refractivity (Wildman–Crippen MR) is 108 cm³/mol. The van der Waals surface area contributed by atoms with Gasteiger partial charge < -0.3 is 14.1 Å². The van der Waals surface area contributed by atoms with Gasteiger partial charge in [0.05, 0.1) is 22.3 Å². The van der Waals surface area contributed by atoms with Crippen LogP contribution in [-0.4, -0.2) is 42.8 Å². The van der Waals surface area contributed by atoms with Crippen molar-refractivity contribution in [2.75, 3.05) is 19.5 Å². The Kier molecular flexibility index (Phi) is 4.71. The van der Waals surface area contributed by atoms with Crippen LogP contribution < -0.4 is 5.32 Å².